The molecule has 0 saturated heterocycles. The second-order valence-corrected chi connectivity index (χ2v) is 6.04. The van der Waals surface area contributed by atoms with Crippen molar-refractivity contribution in [2.24, 2.45) is 5.92 Å². The minimum Gasteiger partial charge on any atom is -0.350 e. The number of nitrogens with zero attached hydrogens (tertiary/aromatic N) is 1. The minimum atomic E-state index is -4.51. The topological polar surface area (TPSA) is 71.1 Å². The quantitative estimate of drug-likeness (QED) is 0.848. The maximum absolute atomic E-state index is 12.7. The number of pyridine rings is 1. The van der Waals surface area contributed by atoms with E-state index in [1.165, 1.54) is 30.3 Å². The van der Waals surface area contributed by atoms with Gasteiger partial charge in [-0.25, -0.2) is 4.98 Å². The first-order chi connectivity index (χ1) is 12.2. The number of aromatic nitrogens is 1. The van der Waals surface area contributed by atoms with Crippen LogP contribution >= 0.6 is 0 Å². The van der Waals surface area contributed by atoms with Crippen LogP contribution in [-0.4, -0.2) is 23.3 Å². The average Bonchev–Trinajstić information content (AvgIpc) is 2.59. The SMILES string of the molecule is CC(C)CNC(=O)c1cccc(C(=O)Nc2cccc(C(F)(F)F)c2)n1. The molecule has 1 aromatic heterocycles. The van der Waals surface area contributed by atoms with Gasteiger partial charge in [-0.15, -0.1) is 0 Å². The summed E-state index contributed by atoms with van der Waals surface area (Å²) in [6, 6.07) is 8.59. The zero-order valence-electron chi connectivity index (χ0n) is 14.2. The van der Waals surface area contributed by atoms with Gasteiger partial charge in [0, 0.05) is 12.2 Å². The Morgan fingerprint density at radius 3 is 2.27 bits per heavy atom. The van der Waals surface area contributed by atoms with E-state index in [1.807, 2.05) is 13.8 Å². The molecule has 0 spiro atoms. The van der Waals surface area contributed by atoms with E-state index in [0.717, 1.165) is 12.1 Å². The first-order valence-corrected chi connectivity index (χ1v) is 7.90. The molecule has 2 N–H and O–H groups in total. The predicted octanol–water partition coefficient (Wildman–Crippen LogP) is 3.74. The lowest BCUT2D eigenvalue weighted by molar-refractivity contribution is -0.137. The number of benzene rings is 1. The molecule has 0 aliphatic heterocycles. The van der Waals surface area contributed by atoms with E-state index in [9.17, 15) is 22.8 Å². The molecule has 5 nitrogen and oxygen atoms in total. The molecule has 0 aliphatic carbocycles. The molecule has 2 amide bonds. The summed E-state index contributed by atoms with van der Waals surface area (Å²) in [6.45, 7) is 4.33. The summed E-state index contributed by atoms with van der Waals surface area (Å²) in [5.41, 5.74) is -0.895. The monoisotopic (exact) mass is 365 g/mol. The van der Waals surface area contributed by atoms with Gasteiger partial charge in [-0.1, -0.05) is 26.0 Å². The van der Waals surface area contributed by atoms with Crippen molar-refractivity contribution in [1.82, 2.24) is 10.3 Å². The lowest BCUT2D eigenvalue weighted by atomic mass is 10.2. The Labute approximate surface area is 148 Å². The molecule has 2 aromatic rings. The highest BCUT2D eigenvalue weighted by atomic mass is 19.4. The molecular formula is C18H18F3N3O2. The highest BCUT2D eigenvalue weighted by Gasteiger charge is 2.30. The summed E-state index contributed by atoms with van der Waals surface area (Å²) in [7, 11) is 0. The van der Waals surface area contributed by atoms with Crippen molar-refractivity contribution in [3.63, 3.8) is 0 Å². The highest BCUT2D eigenvalue weighted by Crippen LogP contribution is 2.30. The molecule has 1 aromatic carbocycles. The Balaban J connectivity index is 2.13. The van der Waals surface area contributed by atoms with E-state index in [4.69, 9.17) is 0 Å². The molecule has 0 radical (unpaired) electrons. The van der Waals surface area contributed by atoms with Crippen molar-refractivity contribution < 1.29 is 22.8 Å². The Morgan fingerprint density at radius 1 is 1.04 bits per heavy atom. The van der Waals surface area contributed by atoms with E-state index in [2.05, 4.69) is 15.6 Å². The molecule has 2 rings (SSSR count). The van der Waals surface area contributed by atoms with Gasteiger partial charge in [-0.3, -0.25) is 9.59 Å². The Hall–Kier alpha value is -2.90. The zero-order valence-corrected chi connectivity index (χ0v) is 14.2. The fourth-order valence-corrected chi connectivity index (χ4v) is 2.04. The molecule has 26 heavy (non-hydrogen) atoms. The normalized spacial score (nSPS) is 11.3. The second-order valence-electron chi connectivity index (χ2n) is 6.04. The Bertz CT molecular complexity index is 804. The summed E-state index contributed by atoms with van der Waals surface area (Å²) in [5, 5.41) is 5.03. The number of alkyl halides is 3. The second kappa shape index (κ2) is 7.99. The average molecular weight is 365 g/mol. The van der Waals surface area contributed by atoms with Gasteiger partial charge in [0.1, 0.15) is 11.4 Å². The summed E-state index contributed by atoms with van der Waals surface area (Å²) in [6.07, 6.45) is -4.51. The fourth-order valence-electron chi connectivity index (χ4n) is 2.04. The van der Waals surface area contributed by atoms with Gasteiger partial charge < -0.3 is 10.6 Å². The van der Waals surface area contributed by atoms with Crippen LogP contribution in [0.4, 0.5) is 18.9 Å². The lowest BCUT2D eigenvalue weighted by Crippen LogP contribution is -2.28. The van der Waals surface area contributed by atoms with E-state index in [1.54, 1.807) is 0 Å². The van der Waals surface area contributed by atoms with Gasteiger partial charge in [0.2, 0.25) is 0 Å². The number of hydrogen-bond acceptors (Lipinski definition) is 3. The van der Waals surface area contributed by atoms with E-state index < -0.39 is 23.6 Å². The Morgan fingerprint density at radius 2 is 1.65 bits per heavy atom. The number of nitrogens with one attached hydrogen (secondary N) is 2. The van der Waals surface area contributed by atoms with Crippen LogP contribution in [0.15, 0.2) is 42.5 Å². The van der Waals surface area contributed by atoms with Crippen LogP contribution in [0.3, 0.4) is 0 Å². The maximum Gasteiger partial charge on any atom is 0.416 e. The van der Waals surface area contributed by atoms with Gasteiger partial charge in [-0.2, -0.15) is 13.2 Å². The number of carbonyl (C=O) groups is 2. The summed E-state index contributed by atoms with van der Waals surface area (Å²) in [5.74, 6) is -0.874. The third-order valence-corrected chi connectivity index (χ3v) is 3.33. The zero-order chi connectivity index (χ0) is 19.3. The number of hydrogen-bond donors (Lipinski definition) is 2. The maximum atomic E-state index is 12.7. The van der Waals surface area contributed by atoms with Crippen molar-refractivity contribution in [3.05, 3.63) is 59.4 Å². The van der Waals surface area contributed by atoms with Crippen molar-refractivity contribution in [1.29, 1.82) is 0 Å². The molecule has 0 atom stereocenters. The first kappa shape index (κ1) is 19.4. The molecule has 8 heteroatoms. The van der Waals surface area contributed by atoms with E-state index >= 15 is 0 Å². The lowest BCUT2D eigenvalue weighted by Gasteiger charge is -2.10. The third kappa shape index (κ3) is 5.30. The van der Waals surface area contributed by atoms with Crippen molar-refractivity contribution in [2.75, 3.05) is 11.9 Å². The molecule has 1 heterocycles. The summed E-state index contributed by atoms with van der Waals surface area (Å²) < 4.78 is 38.2. The number of anilines is 1. The standard InChI is InChI=1S/C18H18F3N3O2/c1-11(2)10-22-16(25)14-7-4-8-15(24-14)17(26)23-13-6-3-5-12(9-13)18(19,20)21/h3-9,11H,10H2,1-2H3,(H,22,25)(H,23,26). The number of carbonyl (C=O) groups excluding carboxylic acids is 2. The van der Waals surface area contributed by atoms with Crippen LogP contribution in [0.2, 0.25) is 0 Å². The van der Waals surface area contributed by atoms with Crippen molar-refractivity contribution in [3.8, 4) is 0 Å². The molecule has 0 unspecified atom stereocenters. The summed E-state index contributed by atoms with van der Waals surface area (Å²) >= 11 is 0. The van der Waals surface area contributed by atoms with Gasteiger partial charge in [0.25, 0.3) is 11.8 Å². The van der Waals surface area contributed by atoms with Crippen molar-refractivity contribution >= 4 is 17.5 Å². The van der Waals surface area contributed by atoms with Gasteiger partial charge >= 0.3 is 6.18 Å². The van der Waals surface area contributed by atoms with Gasteiger partial charge in [-0.05, 0) is 36.2 Å². The van der Waals surface area contributed by atoms with E-state index in [0.29, 0.717) is 6.54 Å². The summed E-state index contributed by atoms with van der Waals surface area (Å²) in [4.78, 5) is 28.2. The molecular weight excluding hydrogens is 347 g/mol. The first-order valence-electron chi connectivity index (χ1n) is 7.90. The minimum absolute atomic E-state index is 0.0127. The predicted molar refractivity (Wildman–Crippen MR) is 90.8 cm³/mol. The van der Waals surface area contributed by atoms with E-state index in [-0.39, 0.29) is 23.0 Å². The van der Waals surface area contributed by atoms with Crippen LogP contribution in [-0.2, 0) is 6.18 Å². The smallest absolute Gasteiger partial charge is 0.350 e. The third-order valence-electron chi connectivity index (χ3n) is 3.33. The number of rotatable bonds is 5. The van der Waals surface area contributed by atoms with Crippen molar-refractivity contribution in [2.45, 2.75) is 20.0 Å². The van der Waals surface area contributed by atoms with Gasteiger partial charge in [0.15, 0.2) is 0 Å². The molecule has 0 saturated carbocycles. The van der Waals surface area contributed by atoms with Crippen LogP contribution in [0, 0.1) is 5.92 Å². The molecule has 138 valence electrons. The van der Waals surface area contributed by atoms with Crippen LogP contribution in [0.1, 0.15) is 40.4 Å². The van der Waals surface area contributed by atoms with Crippen LogP contribution in [0.5, 0.6) is 0 Å². The Kier molecular flexibility index (Phi) is 5.97. The molecule has 0 bridgehead atoms. The largest absolute Gasteiger partial charge is 0.416 e. The van der Waals surface area contributed by atoms with Crippen LogP contribution in [0.25, 0.3) is 0 Å². The molecule has 0 aliphatic rings. The van der Waals surface area contributed by atoms with Gasteiger partial charge in [0.05, 0.1) is 5.56 Å². The van der Waals surface area contributed by atoms with Crippen LogP contribution < -0.4 is 10.6 Å². The number of amides is 2. The molecule has 0 fully saturated rings. The number of halogens is 3. The highest BCUT2D eigenvalue weighted by molar-refractivity contribution is 6.03. The fraction of sp³-hybridized carbons (Fsp3) is 0.278.